The third-order valence-electron chi connectivity index (χ3n) is 4.21. The van der Waals surface area contributed by atoms with E-state index in [-0.39, 0.29) is 0 Å². The van der Waals surface area contributed by atoms with Crippen molar-refractivity contribution in [3.05, 3.63) is 15.6 Å². The molecule has 2 rings (SSSR count). The molecule has 1 aliphatic heterocycles. The Labute approximate surface area is 138 Å². The molecule has 1 saturated heterocycles. The summed E-state index contributed by atoms with van der Waals surface area (Å²) in [4.78, 5) is 12.6. The molecular formula is C16H29N5S. The highest BCUT2D eigenvalue weighted by Gasteiger charge is 2.17. The summed E-state index contributed by atoms with van der Waals surface area (Å²) >= 11 is 1.79. The summed E-state index contributed by atoms with van der Waals surface area (Å²) in [6, 6.07) is 0. The molecule has 1 atom stereocenters. The first-order valence-electron chi connectivity index (χ1n) is 8.14. The molecule has 6 heteroatoms. The van der Waals surface area contributed by atoms with Crippen molar-refractivity contribution in [1.29, 1.82) is 0 Å². The van der Waals surface area contributed by atoms with Crippen molar-refractivity contribution >= 4 is 17.3 Å². The fourth-order valence-electron chi connectivity index (χ4n) is 2.84. The number of rotatable bonds is 5. The molecule has 2 N–H and O–H groups in total. The minimum atomic E-state index is 0.724. The number of aryl methyl sites for hydroxylation is 2. The van der Waals surface area contributed by atoms with Crippen LogP contribution in [0.3, 0.4) is 0 Å². The SMILES string of the molecule is CN=C(NCCc1nc(C)c(C)s1)NCC1CCCN(C)C1. The molecule has 0 radical (unpaired) electrons. The minimum absolute atomic E-state index is 0.724. The number of nitrogens with one attached hydrogen (secondary N) is 2. The summed E-state index contributed by atoms with van der Waals surface area (Å²) in [6.07, 6.45) is 3.57. The van der Waals surface area contributed by atoms with Gasteiger partial charge in [0.2, 0.25) is 0 Å². The number of hydrogen-bond acceptors (Lipinski definition) is 4. The van der Waals surface area contributed by atoms with Crippen LogP contribution in [0.5, 0.6) is 0 Å². The summed E-state index contributed by atoms with van der Waals surface area (Å²) in [5.41, 5.74) is 1.16. The number of aliphatic imine (C=N–C) groups is 1. The number of likely N-dealkylation sites (tertiary alicyclic amines) is 1. The van der Waals surface area contributed by atoms with E-state index in [1.54, 1.807) is 11.3 Å². The van der Waals surface area contributed by atoms with Gasteiger partial charge >= 0.3 is 0 Å². The maximum absolute atomic E-state index is 4.57. The Balaban J connectivity index is 1.68. The predicted octanol–water partition coefficient (Wildman–Crippen LogP) is 1.81. The molecule has 1 aliphatic rings. The summed E-state index contributed by atoms with van der Waals surface area (Å²) < 4.78 is 0. The van der Waals surface area contributed by atoms with E-state index >= 15 is 0 Å². The molecule has 5 nitrogen and oxygen atoms in total. The highest BCUT2D eigenvalue weighted by atomic mass is 32.1. The first kappa shape index (κ1) is 17.2. The maximum atomic E-state index is 4.57. The van der Waals surface area contributed by atoms with Gasteiger partial charge in [-0.2, -0.15) is 0 Å². The fraction of sp³-hybridized carbons (Fsp3) is 0.750. The molecule has 0 spiro atoms. The second kappa shape index (κ2) is 8.48. The number of nitrogens with zero attached hydrogens (tertiary/aromatic N) is 3. The van der Waals surface area contributed by atoms with Crippen LogP contribution >= 0.6 is 11.3 Å². The summed E-state index contributed by atoms with van der Waals surface area (Å²) in [7, 11) is 4.04. The van der Waals surface area contributed by atoms with Crippen molar-refractivity contribution in [3.63, 3.8) is 0 Å². The van der Waals surface area contributed by atoms with Crippen LogP contribution in [0.25, 0.3) is 0 Å². The van der Waals surface area contributed by atoms with Crippen molar-refractivity contribution in [2.75, 3.05) is 40.3 Å². The van der Waals surface area contributed by atoms with Gasteiger partial charge in [0, 0.05) is 38.0 Å². The summed E-state index contributed by atoms with van der Waals surface area (Å²) in [6.45, 7) is 8.49. The van der Waals surface area contributed by atoms with Crippen LogP contribution in [-0.2, 0) is 6.42 Å². The van der Waals surface area contributed by atoms with Crippen LogP contribution < -0.4 is 10.6 Å². The maximum Gasteiger partial charge on any atom is 0.191 e. The third kappa shape index (κ3) is 5.25. The number of piperidine rings is 1. The molecule has 0 bridgehead atoms. The standard InChI is InChI=1S/C16H29N5S/c1-12-13(2)22-15(20-12)7-8-18-16(17-3)19-10-14-6-5-9-21(4)11-14/h14H,5-11H2,1-4H3,(H2,17,18,19). The third-order valence-corrected chi connectivity index (χ3v) is 5.34. The van der Waals surface area contributed by atoms with E-state index in [0.29, 0.717) is 0 Å². The number of guanidine groups is 1. The minimum Gasteiger partial charge on any atom is -0.356 e. The first-order chi connectivity index (χ1) is 10.6. The molecule has 0 amide bonds. The van der Waals surface area contributed by atoms with E-state index in [2.05, 4.69) is 46.4 Å². The van der Waals surface area contributed by atoms with Crippen molar-refractivity contribution in [1.82, 2.24) is 20.5 Å². The molecular weight excluding hydrogens is 294 g/mol. The van der Waals surface area contributed by atoms with Gasteiger partial charge in [-0.3, -0.25) is 4.99 Å². The largest absolute Gasteiger partial charge is 0.356 e. The average molecular weight is 324 g/mol. The Morgan fingerprint density at radius 3 is 2.86 bits per heavy atom. The lowest BCUT2D eigenvalue weighted by Crippen LogP contribution is -2.44. The van der Waals surface area contributed by atoms with Gasteiger partial charge in [-0.1, -0.05) is 0 Å². The van der Waals surface area contributed by atoms with Crippen molar-refractivity contribution in [2.45, 2.75) is 33.1 Å². The zero-order valence-electron chi connectivity index (χ0n) is 14.3. The zero-order chi connectivity index (χ0) is 15.9. The monoisotopic (exact) mass is 323 g/mol. The van der Waals surface area contributed by atoms with Gasteiger partial charge in [-0.25, -0.2) is 4.98 Å². The Bertz CT molecular complexity index is 477. The summed E-state index contributed by atoms with van der Waals surface area (Å²) in [5, 5.41) is 8.05. The molecule has 1 unspecified atom stereocenters. The zero-order valence-corrected chi connectivity index (χ0v) is 15.1. The van der Waals surface area contributed by atoms with Gasteiger partial charge in [0.1, 0.15) is 0 Å². The van der Waals surface area contributed by atoms with E-state index in [1.807, 2.05) is 7.05 Å². The quantitative estimate of drug-likeness (QED) is 0.641. The van der Waals surface area contributed by atoms with Crippen molar-refractivity contribution < 1.29 is 0 Å². The molecule has 0 aromatic carbocycles. The van der Waals surface area contributed by atoms with E-state index < -0.39 is 0 Å². The van der Waals surface area contributed by atoms with Crippen LogP contribution in [0.15, 0.2) is 4.99 Å². The number of hydrogen-bond donors (Lipinski definition) is 2. The predicted molar refractivity (Wildman–Crippen MR) is 94.9 cm³/mol. The average Bonchev–Trinajstić information content (AvgIpc) is 2.81. The van der Waals surface area contributed by atoms with Gasteiger partial charge in [-0.05, 0) is 46.2 Å². The lowest BCUT2D eigenvalue weighted by atomic mass is 9.99. The smallest absolute Gasteiger partial charge is 0.191 e. The number of thiazole rings is 1. The molecule has 0 aliphatic carbocycles. The van der Waals surface area contributed by atoms with Crippen LogP contribution in [-0.4, -0.2) is 56.1 Å². The van der Waals surface area contributed by atoms with E-state index in [0.717, 1.165) is 37.1 Å². The summed E-state index contributed by atoms with van der Waals surface area (Å²) in [5.74, 6) is 1.62. The lowest BCUT2D eigenvalue weighted by Gasteiger charge is -2.30. The highest BCUT2D eigenvalue weighted by molar-refractivity contribution is 7.11. The highest BCUT2D eigenvalue weighted by Crippen LogP contribution is 2.16. The molecule has 2 heterocycles. The van der Waals surface area contributed by atoms with Crippen molar-refractivity contribution in [2.24, 2.45) is 10.9 Å². The van der Waals surface area contributed by atoms with Gasteiger partial charge in [0.05, 0.1) is 10.7 Å². The Morgan fingerprint density at radius 1 is 1.41 bits per heavy atom. The van der Waals surface area contributed by atoms with Gasteiger partial charge < -0.3 is 15.5 Å². The first-order valence-corrected chi connectivity index (χ1v) is 8.96. The van der Waals surface area contributed by atoms with E-state index in [9.17, 15) is 0 Å². The molecule has 124 valence electrons. The number of aromatic nitrogens is 1. The Kier molecular flexibility index (Phi) is 6.64. The molecule has 0 saturated carbocycles. The Hall–Kier alpha value is -1.14. The second-order valence-corrected chi connectivity index (χ2v) is 7.44. The van der Waals surface area contributed by atoms with Crippen LogP contribution in [0.4, 0.5) is 0 Å². The molecule has 1 aromatic rings. The second-order valence-electron chi connectivity index (χ2n) is 6.15. The van der Waals surface area contributed by atoms with Gasteiger partial charge in [0.15, 0.2) is 5.96 Å². The fourth-order valence-corrected chi connectivity index (χ4v) is 3.77. The molecule has 1 aromatic heterocycles. The van der Waals surface area contributed by atoms with Crippen LogP contribution in [0.2, 0.25) is 0 Å². The van der Waals surface area contributed by atoms with Gasteiger partial charge in [0.25, 0.3) is 0 Å². The normalized spacial score (nSPS) is 20.2. The van der Waals surface area contributed by atoms with Crippen LogP contribution in [0.1, 0.15) is 28.4 Å². The topological polar surface area (TPSA) is 52.6 Å². The lowest BCUT2D eigenvalue weighted by molar-refractivity contribution is 0.210. The molecule has 22 heavy (non-hydrogen) atoms. The van der Waals surface area contributed by atoms with Gasteiger partial charge in [-0.15, -0.1) is 11.3 Å². The van der Waals surface area contributed by atoms with Crippen molar-refractivity contribution in [3.8, 4) is 0 Å². The molecule has 1 fully saturated rings. The van der Waals surface area contributed by atoms with Crippen LogP contribution in [0, 0.1) is 19.8 Å². The van der Waals surface area contributed by atoms with E-state index in [4.69, 9.17) is 0 Å². The Morgan fingerprint density at radius 2 is 2.23 bits per heavy atom. The van der Waals surface area contributed by atoms with E-state index in [1.165, 1.54) is 35.8 Å².